The lowest BCUT2D eigenvalue weighted by Gasteiger charge is -2.41. The molecule has 2 saturated heterocycles. The van der Waals surface area contributed by atoms with Gasteiger partial charge < -0.3 is 34.4 Å². The zero-order valence-corrected chi connectivity index (χ0v) is 19.0. The Morgan fingerprint density at radius 2 is 2.06 bits per heavy atom. The highest BCUT2D eigenvalue weighted by atomic mass is 35.5. The Balaban J connectivity index is 1.36. The van der Waals surface area contributed by atoms with Gasteiger partial charge in [0.15, 0.2) is 18.0 Å². The molecule has 2 aromatic rings. The van der Waals surface area contributed by atoms with E-state index in [4.69, 9.17) is 25.8 Å². The SMILES string of the molecule is O=P(O)(O)C1(OC[C@H]2O[C@@H](n3ncc4c(NC5CCCC5)nc(Cl)nc43)[C@@H](F)[C@@H]2O)COC1. The maximum atomic E-state index is 15.0. The average molecular weight is 508 g/mol. The van der Waals surface area contributed by atoms with E-state index < -0.39 is 44.2 Å². The highest BCUT2D eigenvalue weighted by Gasteiger charge is 2.56. The first-order chi connectivity index (χ1) is 15.7. The minimum Gasteiger partial charge on any atom is -0.387 e. The molecule has 0 radical (unpaired) electrons. The lowest BCUT2D eigenvalue weighted by atomic mass is 10.1. The summed E-state index contributed by atoms with van der Waals surface area (Å²) in [5, 5.41) is 16.6. The number of hydrogen-bond donors (Lipinski definition) is 4. The van der Waals surface area contributed by atoms with Crippen molar-refractivity contribution in [2.24, 2.45) is 0 Å². The summed E-state index contributed by atoms with van der Waals surface area (Å²) in [6.45, 7) is -1.06. The number of ether oxygens (including phenoxy) is 3. The third-order valence-corrected chi connectivity index (χ3v) is 7.98. The van der Waals surface area contributed by atoms with Gasteiger partial charge in [0.1, 0.15) is 18.0 Å². The summed E-state index contributed by atoms with van der Waals surface area (Å²) in [6.07, 6.45) is -0.326. The van der Waals surface area contributed by atoms with Gasteiger partial charge in [0.25, 0.3) is 0 Å². The van der Waals surface area contributed by atoms with Crippen LogP contribution in [-0.2, 0) is 18.8 Å². The van der Waals surface area contributed by atoms with Gasteiger partial charge in [-0.2, -0.15) is 15.1 Å². The maximum absolute atomic E-state index is 15.0. The van der Waals surface area contributed by atoms with E-state index in [2.05, 4.69) is 20.4 Å². The third-order valence-electron chi connectivity index (χ3n) is 6.36. The molecule has 3 aliphatic rings. The molecule has 15 heteroatoms. The second kappa shape index (κ2) is 8.65. The van der Waals surface area contributed by atoms with Crippen LogP contribution in [0.15, 0.2) is 6.20 Å². The van der Waals surface area contributed by atoms with Gasteiger partial charge in [-0.25, -0.2) is 9.07 Å². The van der Waals surface area contributed by atoms with Gasteiger partial charge >= 0.3 is 7.60 Å². The van der Waals surface area contributed by atoms with Crippen molar-refractivity contribution >= 4 is 36.0 Å². The van der Waals surface area contributed by atoms with Crippen LogP contribution in [0.5, 0.6) is 0 Å². The first kappa shape index (κ1) is 23.3. The Morgan fingerprint density at radius 3 is 2.70 bits per heavy atom. The summed E-state index contributed by atoms with van der Waals surface area (Å²) in [4.78, 5) is 27.5. The first-order valence-corrected chi connectivity index (χ1v) is 12.6. The van der Waals surface area contributed by atoms with Gasteiger partial charge in [-0.1, -0.05) is 12.8 Å². The number of halogens is 2. The largest absolute Gasteiger partial charge is 0.387 e. The second-order valence-electron chi connectivity index (χ2n) is 8.59. The Labute approximate surface area is 192 Å². The van der Waals surface area contributed by atoms with Crippen molar-refractivity contribution in [2.45, 2.75) is 61.7 Å². The van der Waals surface area contributed by atoms with Crippen molar-refractivity contribution in [3.8, 4) is 0 Å². The van der Waals surface area contributed by atoms with Gasteiger partial charge in [-0.15, -0.1) is 0 Å². The molecule has 4 N–H and O–H groups in total. The fourth-order valence-corrected chi connectivity index (χ4v) is 5.27. The number of aliphatic hydroxyl groups is 1. The van der Waals surface area contributed by atoms with Crippen LogP contribution in [0.4, 0.5) is 10.2 Å². The molecule has 1 aliphatic carbocycles. The Bertz CT molecular complexity index is 1080. The van der Waals surface area contributed by atoms with Crippen molar-refractivity contribution in [1.82, 2.24) is 19.7 Å². The summed E-state index contributed by atoms with van der Waals surface area (Å²) in [5.41, 5.74) is 0.232. The first-order valence-electron chi connectivity index (χ1n) is 10.6. The van der Waals surface area contributed by atoms with Crippen LogP contribution in [0.1, 0.15) is 31.9 Å². The van der Waals surface area contributed by atoms with Crippen molar-refractivity contribution in [2.75, 3.05) is 25.1 Å². The summed E-state index contributed by atoms with van der Waals surface area (Å²) in [6, 6.07) is 0.249. The molecule has 1 saturated carbocycles. The third kappa shape index (κ3) is 4.14. The van der Waals surface area contributed by atoms with Crippen LogP contribution in [0.3, 0.4) is 0 Å². The highest BCUT2D eigenvalue weighted by molar-refractivity contribution is 7.53. The zero-order chi connectivity index (χ0) is 23.4. The molecular weight excluding hydrogens is 484 g/mol. The molecule has 182 valence electrons. The van der Waals surface area contributed by atoms with Crippen molar-refractivity contribution in [3.05, 3.63) is 11.5 Å². The van der Waals surface area contributed by atoms with Crippen LogP contribution >= 0.6 is 19.2 Å². The normalized spacial score (nSPS) is 30.1. The number of anilines is 1. The van der Waals surface area contributed by atoms with E-state index in [-0.39, 0.29) is 30.2 Å². The van der Waals surface area contributed by atoms with Crippen LogP contribution in [0.2, 0.25) is 5.28 Å². The average Bonchev–Trinajstić information content (AvgIpc) is 3.42. The molecule has 0 bridgehead atoms. The Morgan fingerprint density at radius 1 is 1.33 bits per heavy atom. The summed E-state index contributed by atoms with van der Waals surface area (Å²) < 4.78 is 43.9. The molecule has 33 heavy (non-hydrogen) atoms. The molecule has 4 atom stereocenters. The van der Waals surface area contributed by atoms with E-state index in [0.717, 1.165) is 25.7 Å². The molecule has 4 heterocycles. The molecule has 0 amide bonds. The molecule has 3 fully saturated rings. The van der Waals surface area contributed by atoms with Crippen LogP contribution in [0.25, 0.3) is 11.0 Å². The Hall–Kier alpha value is -1.44. The van der Waals surface area contributed by atoms with E-state index in [0.29, 0.717) is 11.2 Å². The van der Waals surface area contributed by atoms with Crippen LogP contribution in [0, 0.1) is 0 Å². The van der Waals surface area contributed by atoms with Crippen LogP contribution in [-0.4, -0.2) is 84.2 Å². The summed E-state index contributed by atoms with van der Waals surface area (Å²) in [7, 11) is -4.65. The second-order valence-corrected chi connectivity index (χ2v) is 10.8. The summed E-state index contributed by atoms with van der Waals surface area (Å²) in [5.74, 6) is 0.491. The Kier molecular flexibility index (Phi) is 6.11. The standard InChI is InChI=1S/C18H24ClFN5O7P/c19-17-23-14(22-9-3-1-2-4-9)10-5-21-25(15(10)24-17)16-12(20)13(26)11(32-16)6-31-18(7-30-8-18)33(27,28)29/h5,9,11-13,16,26H,1-4,6-8H2,(H,22,23,24)(H2,27,28,29)/t11-,12+,13-,16-/m1/s1. The van der Waals surface area contributed by atoms with E-state index >= 15 is 4.39 Å². The number of nitrogens with zero attached hydrogens (tertiary/aromatic N) is 4. The maximum Gasteiger partial charge on any atom is 0.361 e. The van der Waals surface area contributed by atoms with E-state index in [1.807, 2.05) is 0 Å². The van der Waals surface area contributed by atoms with Gasteiger partial charge in [0.05, 0.1) is 31.4 Å². The van der Waals surface area contributed by atoms with E-state index in [9.17, 15) is 19.5 Å². The fourth-order valence-electron chi connectivity index (χ4n) is 4.35. The number of alkyl halides is 1. The number of aliphatic hydroxyl groups excluding tert-OH is 1. The molecular formula is C18H24ClFN5O7P. The fraction of sp³-hybridized carbons (Fsp3) is 0.722. The van der Waals surface area contributed by atoms with E-state index in [1.165, 1.54) is 10.9 Å². The van der Waals surface area contributed by atoms with Gasteiger partial charge in [-0.05, 0) is 24.4 Å². The minimum absolute atomic E-state index is 0.0489. The lowest BCUT2D eigenvalue weighted by molar-refractivity contribution is -0.189. The molecule has 12 nitrogen and oxygen atoms in total. The van der Waals surface area contributed by atoms with Gasteiger partial charge in [-0.3, -0.25) is 4.57 Å². The predicted molar refractivity (Wildman–Crippen MR) is 113 cm³/mol. The number of hydrogen-bond acceptors (Lipinski definition) is 9. The predicted octanol–water partition coefficient (Wildman–Crippen LogP) is 1.35. The summed E-state index contributed by atoms with van der Waals surface area (Å²) >= 11 is 6.11. The molecule has 0 spiro atoms. The highest BCUT2D eigenvalue weighted by Crippen LogP contribution is 2.55. The number of aromatic nitrogens is 4. The number of nitrogens with one attached hydrogen (secondary N) is 1. The lowest BCUT2D eigenvalue weighted by Crippen LogP contribution is -2.53. The topological polar surface area (TPSA) is 161 Å². The van der Waals surface area contributed by atoms with Crippen LogP contribution < -0.4 is 5.32 Å². The zero-order valence-electron chi connectivity index (χ0n) is 17.4. The van der Waals surface area contributed by atoms with E-state index in [1.54, 1.807) is 0 Å². The smallest absolute Gasteiger partial charge is 0.361 e. The van der Waals surface area contributed by atoms with Crippen molar-refractivity contribution < 1.29 is 38.1 Å². The molecule has 0 aromatic carbocycles. The van der Waals surface area contributed by atoms with Crippen molar-refractivity contribution in [3.63, 3.8) is 0 Å². The molecule has 2 aliphatic heterocycles. The monoisotopic (exact) mass is 507 g/mol. The molecule has 0 unspecified atom stereocenters. The van der Waals surface area contributed by atoms with Crippen molar-refractivity contribution in [1.29, 1.82) is 0 Å². The quantitative estimate of drug-likeness (QED) is 0.316. The number of fused-ring (bicyclic) bond motifs is 1. The minimum atomic E-state index is -4.65. The number of rotatable bonds is 7. The molecule has 5 rings (SSSR count). The molecule has 2 aromatic heterocycles. The van der Waals surface area contributed by atoms with Gasteiger partial charge in [0.2, 0.25) is 10.6 Å². The van der Waals surface area contributed by atoms with Gasteiger partial charge in [0, 0.05) is 6.04 Å².